The van der Waals surface area contributed by atoms with Gasteiger partial charge in [-0.2, -0.15) is 10.2 Å². The van der Waals surface area contributed by atoms with Crippen LogP contribution in [0.5, 0.6) is 11.5 Å². The first-order valence-electron chi connectivity index (χ1n) is 5.90. The number of nitro groups is 1. The number of rotatable bonds is 4. The minimum absolute atomic E-state index is 0.0645. The molecule has 0 aromatic heterocycles. The summed E-state index contributed by atoms with van der Waals surface area (Å²) in [6.07, 6.45) is 2.53. The van der Waals surface area contributed by atoms with Crippen molar-refractivity contribution < 1.29 is 15.1 Å². The molecule has 0 amide bonds. The molecule has 2 aromatic rings. The highest BCUT2D eigenvalue weighted by Crippen LogP contribution is 2.21. The van der Waals surface area contributed by atoms with E-state index in [-0.39, 0.29) is 22.7 Å². The minimum atomic E-state index is -0.567. The highest BCUT2D eigenvalue weighted by atomic mass is 16.6. The van der Waals surface area contributed by atoms with Crippen molar-refractivity contribution in [3.8, 4) is 11.5 Å². The number of benzene rings is 2. The average molecular weight is 285 g/mol. The summed E-state index contributed by atoms with van der Waals surface area (Å²) in [5, 5.41) is 37.1. The van der Waals surface area contributed by atoms with Gasteiger partial charge < -0.3 is 10.2 Å². The standard InChI is InChI=1S/C14H11N3O4/c18-13-4-2-1-3-10(13)8-15-16-9-11-7-12(17(20)21)5-6-14(11)19/h1-9,18-19H. The number of phenolic OH excluding ortho intramolecular Hbond substituents is 2. The Hall–Kier alpha value is -3.22. The number of aromatic hydroxyl groups is 2. The third-order valence-electron chi connectivity index (χ3n) is 2.62. The first kappa shape index (κ1) is 14.2. The number of nitro benzene ring substituents is 1. The van der Waals surface area contributed by atoms with Crippen molar-refractivity contribution >= 4 is 18.1 Å². The van der Waals surface area contributed by atoms with Crippen molar-refractivity contribution in [3.05, 3.63) is 63.7 Å². The van der Waals surface area contributed by atoms with Crippen LogP contribution in [0, 0.1) is 10.1 Å². The Morgan fingerprint density at radius 2 is 1.57 bits per heavy atom. The van der Waals surface area contributed by atoms with Gasteiger partial charge in [-0.3, -0.25) is 10.1 Å². The number of non-ortho nitro benzene ring substituents is 1. The van der Waals surface area contributed by atoms with Crippen molar-refractivity contribution in [1.29, 1.82) is 0 Å². The van der Waals surface area contributed by atoms with Gasteiger partial charge in [-0.15, -0.1) is 0 Å². The quantitative estimate of drug-likeness (QED) is 0.511. The SMILES string of the molecule is O=[N+]([O-])c1ccc(O)c(C=NN=Cc2ccccc2O)c1. The summed E-state index contributed by atoms with van der Waals surface area (Å²) in [6, 6.07) is 10.2. The van der Waals surface area contributed by atoms with E-state index in [1.807, 2.05) is 0 Å². The van der Waals surface area contributed by atoms with Crippen molar-refractivity contribution in [3.63, 3.8) is 0 Å². The molecule has 2 N–H and O–H groups in total. The predicted octanol–water partition coefficient (Wildman–Crippen LogP) is 2.46. The van der Waals surface area contributed by atoms with E-state index in [4.69, 9.17) is 0 Å². The maximum atomic E-state index is 10.6. The Balaban J connectivity index is 2.16. The van der Waals surface area contributed by atoms with E-state index in [2.05, 4.69) is 10.2 Å². The fourth-order valence-electron chi connectivity index (χ4n) is 1.55. The van der Waals surface area contributed by atoms with Crippen molar-refractivity contribution in [2.75, 3.05) is 0 Å². The van der Waals surface area contributed by atoms with Gasteiger partial charge in [0.25, 0.3) is 5.69 Å². The molecule has 0 radical (unpaired) electrons. The molecule has 0 aliphatic carbocycles. The van der Waals surface area contributed by atoms with Gasteiger partial charge in [0.1, 0.15) is 11.5 Å². The first-order valence-corrected chi connectivity index (χ1v) is 5.90. The molecule has 0 bridgehead atoms. The van der Waals surface area contributed by atoms with Crippen molar-refractivity contribution in [2.45, 2.75) is 0 Å². The summed E-state index contributed by atoms with van der Waals surface area (Å²) >= 11 is 0. The molecule has 0 saturated heterocycles. The summed E-state index contributed by atoms with van der Waals surface area (Å²) in [6.45, 7) is 0. The van der Waals surface area contributed by atoms with Crippen molar-refractivity contribution in [1.82, 2.24) is 0 Å². The number of para-hydroxylation sites is 1. The molecular formula is C14H11N3O4. The molecule has 0 fully saturated rings. The third kappa shape index (κ3) is 3.63. The van der Waals surface area contributed by atoms with Crippen LogP contribution in [0.15, 0.2) is 52.7 Å². The molecule has 0 saturated carbocycles. The third-order valence-corrected chi connectivity index (χ3v) is 2.62. The number of hydrogen-bond donors (Lipinski definition) is 2. The molecule has 2 rings (SSSR count). The molecule has 0 atom stereocenters. The monoisotopic (exact) mass is 285 g/mol. The lowest BCUT2D eigenvalue weighted by Crippen LogP contribution is -1.90. The van der Waals surface area contributed by atoms with Crippen LogP contribution in [-0.2, 0) is 0 Å². The molecule has 106 valence electrons. The zero-order chi connectivity index (χ0) is 15.2. The lowest BCUT2D eigenvalue weighted by Gasteiger charge is -1.97. The van der Waals surface area contributed by atoms with E-state index in [1.54, 1.807) is 18.2 Å². The van der Waals surface area contributed by atoms with Gasteiger partial charge >= 0.3 is 0 Å². The molecule has 0 aliphatic heterocycles. The number of nitrogens with zero attached hydrogens (tertiary/aromatic N) is 3. The molecule has 21 heavy (non-hydrogen) atoms. The maximum absolute atomic E-state index is 10.6. The Labute approximate surface area is 119 Å². The van der Waals surface area contributed by atoms with E-state index in [0.717, 1.165) is 0 Å². The summed E-state index contributed by atoms with van der Waals surface area (Å²) in [5.74, 6) is -0.0724. The molecule has 0 unspecified atom stereocenters. The van der Waals surface area contributed by atoms with E-state index >= 15 is 0 Å². The topological polar surface area (TPSA) is 108 Å². The van der Waals surface area contributed by atoms with Gasteiger partial charge in [0, 0.05) is 23.3 Å². The van der Waals surface area contributed by atoms with E-state index in [1.165, 1.54) is 36.7 Å². The summed E-state index contributed by atoms with van der Waals surface area (Å²) in [7, 11) is 0. The van der Waals surface area contributed by atoms with Crippen LogP contribution in [0.1, 0.15) is 11.1 Å². The molecule has 2 aromatic carbocycles. The molecule has 7 nitrogen and oxygen atoms in total. The van der Waals surface area contributed by atoms with Crippen LogP contribution >= 0.6 is 0 Å². The van der Waals surface area contributed by atoms with Gasteiger partial charge in [-0.1, -0.05) is 12.1 Å². The Morgan fingerprint density at radius 3 is 2.24 bits per heavy atom. The van der Waals surface area contributed by atoms with Gasteiger partial charge in [0.15, 0.2) is 0 Å². The van der Waals surface area contributed by atoms with Crippen LogP contribution in [0.3, 0.4) is 0 Å². The van der Waals surface area contributed by atoms with Gasteiger partial charge in [0.05, 0.1) is 17.4 Å². The fraction of sp³-hybridized carbons (Fsp3) is 0. The normalized spacial score (nSPS) is 11.2. The second-order valence-corrected chi connectivity index (χ2v) is 4.05. The number of hydrogen-bond acceptors (Lipinski definition) is 6. The van der Waals surface area contributed by atoms with E-state index < -0.39 is 4.92 Å². The number of phenols is 2. The fourth-order valence-corrected chi connectivity index (χ4v) is 1.55. The summed E-state index contributed by atoms with van der Waals surface area (Å²) in [4.78, 5) is 10.1. The molecule has 0 heterocycles. The van der Waals surface area contributed by atoms with Crippen LogP contribution in [-0.4, -0.2) is 27.6 Å². The lowest BCUT2D eigenvalue weighted by atomic mass is 10.2. The van der Waals surface area contributed by atoms with Gasteiger partial charge in [0.2, 0.25) is 0 Å². The van der Waals surface area contributed by atoms with Crippen LogP contribution in [0.2, 0.25) is 0 Å². The summed E-state index contributed by atoms with van der Waals surface area (Å²) in [5.41, 5.74) is 0.510. The zero-order valence-electron chi connectivity index (χ0n) is 10.7. The average Bonchev–Trinajstić information content (AvgIpc) is 2.46. The zero-order valence-corrected chi connectivity index (χ0v) is 10.7. The molecule has 0 aliphatic rings. The largest absolute Gasteiger partial charge is 0.507 e. The lowest BCUT2D eigenvalue weighted by molar-refractivity contribution is -0.384. The summed E-state index contributed by atoms with van der Waals surface area (Å²) < 4.78 is 0. The maximum Gasteiger partial charge on any atom is 0.270 e. The van der Waals surface area contributed by atoms with Gasteiger partial charge in [-0.25, -0.2) is 0 Å². The van der Waals surface area contributed by atoms with Crippen LogP contribution in [0.25, 0.3) is 0 Å². The Morgan fingerprint density at radius 1 is 0.952 bits per heavy atom. The predicted molar refractivity (Wildman–Crippen MR) is 78.1 cm³/mol. The van der Waals surface area contributed by atoms with Crippen LogP contribution in [0.4, 0.5) is 5.69 Å². The second-order valence-electron chi connectivity index (χ2n) is 4.05. The molecule has 7 heteroatoms. The first-order chi connectivity index (χ1) is 10.1. The smallest absolute Gasteiger partial charge is 0.270 e. The molecular weight excluding hydrogens is 274 g/mol. The Bertz CT molecular complexity index is 726. The highest BCUT2D eigenvalue weighted by molar-refractivity contribution is 5.86. The van der Waals surface area contributed by atoms with E-state index in [0.29, 0.717) is 5.56 Å². The Kier molecular flexibility index (Phi) is 4.25. The van der Waals surface area contributed by atoms with Gasteiger partial charge in [-0.05, 0) is 18.2 Å². The minimum Gasteiger partial charge on any atom is -0.507 e. The highest BCUT2D eigenvalue weighted by Gasteiger charge is 2.08. The van der Waals surface area contributed by atoms with E-state index in [9.17, 15) is 20.3 Å². The molecule has 0 spiro atoms. The van der Waals surface area contributed by atoms with Crippen LogP contribution < -0.4 is 0 Å². The van der Waals surface area contributed by atoms with Crippen molar-refractivity contribution in [2.24, 2.45) is 10.2 Å². The second kappa shape index (κ2) is 6.29.